The van der Waals surface area contributed by atoms with Gasteiger partial charge in [-0.1, -0.05) is 36.3 Å². The quantitative estimate of drug-likeness (QED) is 0.676. The molecule has 0 unspecified atom stereocenters. The molecule has 0 radical (unpaired) electrons. The van der Waals surface area contributed by atoms with Gasteiger partial charge in [0.05, 0.1) is 14.2 Å². The lowest BCUT2D eigenvalue weighted by molar-refractivity contribution is 0.244. The van der Waals surface area contributed by atoms with Crippen LogP contribution in [0.25, 0.3) is 0 Å². The molecule has 2 amide bonds. The second-order valence-corrected chi connectivity index (χ2v) is 8.84. The highest BCUT2D eigenvalue weighted by Gasteiger charge is 2.23. The second kappa shape index (κ2) is 10.1. The molecule has 0 atom stereocenters. The van der Waals surface area contributed by atoms with E-state index in [9.17, 15) is 4.79 Å². The number of rotatable bonds is 7. The molecule has 10 heteroatoms. The summed E-state index contributed by atoms with van der Waals surface area (Å²) in [4.78, 5) is 16.8. The van der Waals surface area contributed by atoms with Crippen molar-refractivity contribution in [3.8, 4) is 11.5 Å². The Kier molecular flexibility index (Phi) is 7.08. The van der Waals surface area contributed by atoms with Crippen molar-refractivity contribution in [3.63, 3.8) is 0 Å². The molecule has 0 spiro atoms. The van der Waals surface area contributed by atoms with Crippen molar-refractivity contribution in [1.29, 1.82) is 0 Å². The molecule has 31 heavy (non-hydrogen) atoms. The van der Waals surface area contributed by atoms with Crippen LogP contribution in [0, 0.1) is 0 Å². The number of piperazine rings is 1. The zero-order valence-electron chi connectivity index (χ0n) is 18.1. The fourth-order valence-corrected chi connectivity index (χ4v) is 4.99. The van der Waals surface area contributed by atoms with Crippen LogP contribution in [0.3, 0.4) is 0 Å². The topological polar surface area (TPSA) is 91.9 Å². The van der Waals surface area contributed by atoms with E-state index in [1.165, 1.54) is 24.2 Å². The number of benzene rings is 1. The first kappa shape index (κ1) is 21.6. The standard InChI is InChI=1S/C21H30N6O3S/c1-29-17-9-5-6-15(18(17)30-2)14-26-10-12-27(13-11-26)21-25-24-20(31-21)23-19(28)22-16-7-3-4-8-16/h5-6,9,16H,3-4,7-8,10-14H2,1-2H3,(H2,22,23,24,28). The van der Waals surface area contributed by atoms with Crippen LogP contribution in [0.5, 0.6) is 11.5 Å². The molecule has 2 N–H and O–H groups in total. The molecule has 2 heterocycles. The van der Waals surface area contributed by atoms with Gasteiger partial charge in [0.1, 0.15) is 0 Å². The number of para-hydroxylation sites is 1. The molecule has 1 saturated heterocycles. The molecule has 1 aliphatic heterocycles. The van der Waals surface area contributed by atoms with Crippen LogP contribution >= 0.6 is 11.3 Å². The molecule has 1 saturated carbocycles. The fraction of sp³-hybridized carbons (Fsp3) is 0.571. The number of nitrogens with one attached hydrogen (secondary N) is 2. The number of carbonyl (C=O) groups is 1. The van der Waals surface area contributed by atoms with E-state index in [4.69, 9.17) is 9.47 Å². The maximum absolute atomic E-state index is 12.1. The zero-order chi connectivity index (χ0) is 21.6. The molecular weight excluding hydrogens is 416 g/mol. The number of carbonyl (C=O) groups excluding carboxylic acids is 1. The first-order valence-electron chi connectivity index (χ1n) is 10.7. The number of nitrogens with zero attached hydrogens (tertiary/aromatic N) is 4. The summed E-state index contributed by atoms with van der Waals surface area (Å²) in [7, 11) is 3.33. The van der Waals surface area contributed by atoms with Crippen LogP contribution in [0.15, 0.2) is 18.2 Å². The van der Waals surface area contributed by atoms with Gasteiger partial charge in [-0.05, 0) is 18.9 Å². The number of anilines is 2. The molecule has 168 valence electrons. The average Bonchev–Trinajstić information content (AvgIpc) is 3.46. The molecule has 9 nitrogen and oxygen atoms in total. The fourth-order valence-electron chi connectivity index (χ4n) is 4.20. The number of ether oxygens (including phenoxy) is 2. The van der Waals surface area contributed by atoms with Crippen molar-refractivity contribution in [2.75, 3.05) is 50.6 Å². The molecule has 0 bridgehead atoms. The Labute approximate surface area is 186 Å². The number of amides is 2. The van der Waals surface area contributed by atoms with Crippen LogP contribution in [-0.4, -0.2) is 67.6 Å². The van der Waals surface area contributed by atoms with Gasteiger partial charge in [0, 0.05) is 44.3 Å². The molecule has 1 aromatic carbocycles. The van der Waals surface area contributed by atoms with E-state index in [-0.39, 0.29) is 12.1 Å². The highest BCUT2D eigenvalue weighted by Crippen LogP contribution is 2.32. The van der Waals surface area contributed by atoms with Crippen molar-refractivity contribution in [3.05, 3.63) is 23.8 Å². The third-order valence-electron chi connectivity index (χ3n) is 5.85. The van der Waals surface area contributed by atoms with Gasteiger partial charge in [-0.2, -0.15) is 0 Å². The molecule has 1 aromatic heterocycles. The van der Waals surface area contributed by atoms with Crippen molar-refractivity contribution >= 4 is 27.6 Å². The number of methoxy groups -OCH3 is 2. The van der Waals surface area contributed by atoms with E-state index in [1.807, 2.05) is 12.1 Å². The predicted molar refractivity (Wildman–Crippen MR) is 121 cm³/mol. The van der Waals surface area contributed by atoms with E-state index in [0.29, 0.717) is 5.13 Å². The van der Waals surface area contributed by atoms with Gasteiger partial charge in [0.15, 0.2) is 11.5 Å². The van der Waals surface area contributed by atoms with Gasteiger partial charge < -0.3 is 19.7 Å². The number of hydrogen-bond acceptors (Lipinski definition) is 8. The largest absolute Gasteiger partial charge is 0.493 e. The lowest BCUT2D eigenvalue weighted by Gasteiger charge is -2.34. The molecule has 1 aliphatic carbocycles. The highest BCUT2D eigenvalue weighted by atomic mass is 32.1. The van der Waals surface area contributed by atoms with Crippen molar-refractivity contribution in [2.24, 2.45) is 0 Å². The first-order chi connectivity index (χ1) is 15.2. The van der Waals surface area contributed by atoms with E-state index in [2.05, 4.69) is 36.7 Å². The Balaban J connectivity index is 1.28. The van der Waals surface area contributed by atoms with Crippen LogP contribution in [0.1, 0.15) is 31.2 Å². The maximum atomic E-state index is 12.1. The normalized spacial score (nSPS) is 17.5. The summed E-state index contributed by atoms with van der Waals surface area (Å²) in [5.41, 5.74) is 1.12. The van der Waals surface area contributed by atoms with E-state index in [0.717, 1.165) is 67.8 Å². The first-order valence-corrected chi connectivity index (χ1v) is 11.6. The Morgan fingerprint density at radius 3 is 2.61 bits per heavy atom. The summed E-state index contributed by atoms with van der Waals surface area (Å²) in [5.74, 6) is 1.55. The highest BCUT2D eigenvalue weighted by molar-refractivity contribution is 7.19. The summed E-state index contributed by atoms with van der Waals surface area (Å²) in [5, 5.41) is 15.6. The molecule has 2 aromatic rings. The number of aromatic nitrogens is 2. The molecular formula is C21H30N6O3S. The Bertz CT molecular complexity index is 878. The second-order valence-electron chi connectivity index (χ2n) is 7.89. The number of hydrogen-bond donors (Lipinski definition) is 2. The number of urea groups is 1. The Hall–Kier alpha value is -2.59. The molecule has 4 rings (SSSR count). The minimum atomic E-state index is -0.188. The predicted octanol–water partition coefficient (Wildman–Crippen LogP) is 2.94. The average molecular weight is 447 g/mol. The van der Waals surface area contributed by atoms with E-state index < -0.39 is 0 Å². The van der Waals surface area contributed by atoms with E-state index >= 15 is 0 Å². The third kappa shape index (κ3) is 5.37. The minimum Gasteiger partial charge on any atom is -0.493 e. The van der Waals surface area contributed by atoms with Gasteiger partial charge >= 0.3 is 6.03 Å². The van der Waals surface area contributed by atoms with Gasteiger partial charge in [0.2, 0.25) is 10.3 Å². The summed E-state index contributed by atoms with van der Waals surface area (Å²) in [6.45, 7) is 4.33. The molecule has 2 aliphatic rings. The van der Waals surface area contributed by atoms with Crippen LogP contribution in [-0.2, 0) is 6.54 Å². The van der Waals surface area contributed by atoms with Crippen molar-refractivity contribution in [2.45, 2.75) is 38.3 Å². The monoisotopic (exact) mass is 446 g/mol. The zero-order valence-corrected chi connectivity index (χ0v) is 18.9. The summed E-state index contributed by atoms with van der Waals surface area (Å²) in [6.07, 6.45) is 4.48. The van der Waals surface area contributed by atoms with Crippen LogP contribution in [0.2, 0.25) is 0 Å². The lowest BCUT2D eigenvalue weighted by Crippen LogP contribution is -2.46. The third-order valence-corrected chi connectivity index (χ3v) is 6.75. The summed E-state index contributed by atoms with van der Waals surface area (Å²) >= 11 is 1.42. The minimum absolute atomic E-state index is 0.188. The van der Waals surface area contributed by atoms with Gasteiger partial charge in [0.25, 0.3) is 0 Å². The van der Waals surface area contributed by atoms with Crippen molar-refractivity contribution < 1.29 is 14.3 Å². The van der Waals surface area contributed by atoms with Crippen LogP contribution in [0.4, 0.5) is 15.1 Å². The maximum Gasteiger partial charge on any atom is 0.321 e. The van der Waals surface area contributed by atoms with Gasteiger partial charge in [-0.25, -0.2) is 4.79 Å². The van der Waals surface area contributed by atoms with Gasteiger partial charge in [-0.3, -0.25) is 10.2 Å². The van der Waals surface area contributed by atoms with Gasteiger partial charge in [-0.15, -0.1) is 10.2 Å². The van der Waals surface area contributed by atoms with Crippen LogP contribution < -0.4 is 25.0 Å². The Morgan fingerprint density at radius 1 is 1.13 bits per heavy atom. The lowest BCUT2D eigenvalue weighted by atomic mass is 10.1. The SMILES string of the molecule is COc1cccc(CN2CCN(c3nnc(NC(=O)NC4CCCC4)s3)CC2)c1OC. The summed E-state index contributed by atoms with van der Waals surface area (Å²) in [6, 6.07) is 6.07. The molecule has 2 fully saturated rings. The Morgan fingerprint density at radius 2 is 1.90 bits per heavy atom. The van der Waals surface area contributed by atoms with Crippen molar-refractivity contribution in [1.82, 2.24) is 20.4 Å². The summed E-state index contributed by atoms with van der Waals surface area (Å²) < 4.78 is 11.0. The smallest absolute Gasteiger partial charge is 0.321 e. The van der Waals surface area contributed by atoms with E-state index in [1.54, 1.807) is 14.2 Å².